The van der Waals surface area contributed by atoms with Crippen LogP contribution in [0.15, 0.2) is 18.2 Å². The van der Waals surface area contributed by atoms with Crippen LogP contribution in [0, 0.1) is 11.7 Å². The van der Waals surface area contributed by atoms with E-state index in [-0.39, 0.29) is 18.5 Å². The molecule has 1 heterocycles. The number of hydrogen-bond acceptors (Lipinski definition) is 3. The molecule has 0 aromatic heterocycles. The summed E-state index contributed by atoms with van der Waals surface area (Å²) in [4.78, 5) is 2.18. The zero-order chi connectivity index (χ0) is 15.2. The predicted molar refractivity (Wildman–Crippen MR) is 85.0 cm³/mol. The van der Waals surface area contributed by atoms with Gasteiger partial charge in [-0.15, -0.1) is 0 Å². The fraction of sp³-hybridized carbons (Fsp3) is 0.647. The maximum absolute atomic E-state index is 14.2. The first-order valence-corrected chi connectivity index (χ1v) is 7.99. The molecule has 2 rings (SSSR count). The molecule has 2 N–H and O–H groups in total. The minimum absolute atomic E-state index is 0.115. The van der Waals surface area contributed by atoms with Crippen LogP contribution in [0.3, 0.4) is 0 Å². The highest BCUT2D eigenvalue weighted by atomic mass is 19.1. The average molecular weight is 294 g/mol. The van der Waals surface area contributed by atoms with Crippen LogP contribution in [-0.4, -0.2) is 30.8 Å². The van der Waals surface area contributed by atoms with Gasteiger partial charge in [-0.1, -0.05) is 19.9 Å². The van der Waals surface area contributed by atoms with E-state index in [2.05, 4.69) is 24.1 Å². The van der Waals surface area contributed by atoms with Gasteiger partial charge in [0.15, 0.2) is 0 Å². The number of nitrogens with zero attached hydrogens (tertiary/aromatic N) is 1. The number of rotatable bonds is 6. The molecule has 1 fully saturated rings. The van der Waals surface area contributed by atoms with E-state index in [0.717, 1.165) is 43.6 Å². The van der Waals surface area contributed by atoms with Gasteiger partial charge in [-0.05, 0) is 43.9 Å². The number of piperidine rings is 1. The van der Waals surface area contributed by atoms with Gasteiger partial charge in [0.25, 0.3) is 0 Å². The molecule has 1 atom stereocenters. The Morgan fingerprint density at radius 1 is 1.38 bits per heavy atom. The lowest BCUT2D eigenvalue weighted by atomic mass is 10.00. The van der Waals surface area contributed by atoms with Gasteiger partial charge in [-0.2, -0.15) is 0 Å². The summed E-state index contributed by atoms with van der Waals surface area (Å²) in [5.74, 6) is 0.381. The molecule has 3 nitrogen and oxygen atoms in total. The van der Waals surface area contributed by atoms with Gasteiger partial charge in [0.1, 0.15) is 5.82 Å². The highest BCUT2D eigenvalue weighted by Gasteiger charge is 2.24. The number of hydrogen-bond donors (Lipinski definition) is 2. The van der Waals surface area contributed by atoms with Crippen molar-refractivity contribution in [3.63, 3.8) is 0 Å². The average Bonchev–Trinajstić information content (AvgIpc) is 2.48. The quantitative estimate of drug-likeness (QED) is 0.847. The van der Waals surface area contributed by atoms with Crippen molar-refractivity contribution in [2.45, 2.75) is 45.7 Å². The molecular weight excluding hydrogens is 267 g/mol. The van der Waals surface area contributed by atoms with E-state index in [0.29, 0.717) is 12.5 Å². The zero-order valence-electron chi connectivity index (χ0n) is 13.1. The lowest BCUT2D eigenvalue weighted by Crippen LogP contribution is -2.42. The molecule has 1 unspecified atom stereocenters. The van der Waals surface area contributed by atoms with Crippen LogP contribution in [0.5, 0.6) is 0 Å². The molecule has 1 saturated heterocycles. The van der Waals surface area contributed by atoms with Crippen molar-refractivity contribution in [1.29, 1.82) is 0 Å². The van der Waals surface area contributed by atoms with Crippen molar-refractivity contribution in [3.05, 3.63) is 29.6 Å². The number of nitrogens with one attached hydrogen (secondary N) is 1. The Morgan fingerprint density at radius 3 is 2.90 bits per heavy atom. The minimum atomic E-state index is -0.161. The number of halogens is 1. The van der Waals surface area contributed by atoms with Gasteiger partial charge >= 0.3 is 0 Å². The van der Waals surface area contributed by atoms with Crippen molar-refractivity contribution in [2.24, 2.45) is 5.92 Å². The van der Waals surface area contributed by atoms with Crippen LogP contribution in [-0.2, 0) is 6.54 Å². The van der Waals surface area contributed by atoms with Crippen molar-refractivity contribution < 1.29 is 9.50 Å². The maximum Gasteiger partial charge on any atom is 0.129 e. The van der Waals surface area contributed by atoms with Crippen molar-refractivity contribution >= 4 is 5.69 Å². The Hall–Kier alpha value is -1.13. The van der Waals surface area contributed by atoms with Crippen molar-refractivity contribution in [2.75, 3.05) is 24.6 Å². The molecule has 0 amide bonds. The first-order valence-electron chi connectivity index (χ1n) is 7.99. The summed E-state index contributed by atoms with van der Waals surface area (Å²) in [6.07, 6.45) is 3.22. The molecular formula is C17H27FN2O. The Morgan fingerprint density at radius 2 is 2.19 bits per heavy atom. The minimum Gasteiger partial charge on any atom is -0.394 e. The standard InChI is InChI=1S/C17H27FN2O/c1-13(2)10-19-11-15-16(18)7-5-8-17(15)20-9-4-3-6-14(20)12-21/h5,7-8,13-14,19,21H,3-4,6,9-12H2,1-2H3. The fourth-order valence-electron chi connectivity index (χ4n) is 2.98. The molecule has 1 aliphatic rings. The Bertz CT molecular complexity index is 450. The summed E-state index contributed by atoms with van der Waals surface area (Å²) in [7, 11) is 0. The third kappa shape index (κ3) is 4.17. The lowest BCUT2D eigenvalue weighted by molar-refractivity contribution is 0.240. The van der Waals surface area contributed by atoms with Gasteiger partial charge in [-0.3, -0.25) is 0 Å². The van der Waals surface area contributed by atoms with Crippen LogP contribution in [0.4, 0.5) is 10.1 Å². The van der Waals surface area contributed by atoms with Gasteiger partial charge in [0.05, 0.1) is 12.6 Å². The molecule has 1 aromatic rings. The Balaban J connectivity index is 2.19. The van der Waals surface area contributed by atoms with E-state index in [1.165, 1.54) is 6.07 Å². The first-order chi connectivity index (χ1) is 10.1. The predicted octanol–water partition coefficient (Wildman–Crippen LogP) is 2.92. The Kier molecular flexibility index (Phi) is 6.00. The lowest BCUT2D eigenvalue weighted by Gasteiger charge is -2.37. The van der Waals surface area contributed by atoms with E-state index in [4.69, 9.17) is 0 Å². The molecule has 1 aromatic carbocycles. The fourth-order valence-corrected chi connectivity index (χ4v) is 2.98. The summed E-state index contributed by atoms with van der Waals surface area (Å²) in [6, 6.07) is 5.38. The molecule has 0 saturated carbocycles. The topological polar surface area (TPSA) is 35.5 Å². The molecule has 4 heteroatoms. The number of aliphatic hydroxyl groups is 1. The normalized spacial score (nSPS) is 19.3. The third-order valence-electron chi connectivity index (χ3n) is 4.10. The Labute approximate surface area is 127 Å². The van der Waals surface area contributed by atoms with Gasteiger partial charge < -0.3 is 15.3 Å². The second-order valence-electron chi connectivity index (χ2n) is 6.29. The van der Waals surface area contributed by atoms with Gasteiger partial charge in [-0.25, -0.2) is 4.39 Å². The monoisotopic (exact) mass is 294 g/mol. The van der Waals surface area contributed by atoms with E-state index in [1.807, 2.05) is 6.07 Å². The summed E-state index contributed by atoms with van der Waals surface area (Å²) in [6.45, 7) is 6.72. The first kappa shape index (κ1) is 16.2. The SMILES string of the molecule is CC(C)CNCc1c(F)cccc1N1CCCCC1CO. The highest BCUT2D eigenvalue weighted by molar-refractivity contribution is 5.55. The van der Waals surface area contributed by atoms with E-state index in [9.17, 15) is 9.50 Å². The molecule has 0 spiro atoms. The second-order valence-corrected chi connectivity index (χ2v) is 6.29. The molecule has 118 valence electrons. The molecule has 21 heavy (non-hydrogen) atoms. The highest BCUT2D eigenvalue weighted by Crippen LogP contribution is 2.29. The third-order valence-corrected chi connectivity index (χ3v) is 4.10. The molecule has 1 aliphatic heterocycles. The molecule has 0 bridgehead atoms. The summed E-state index contributed by atoms with van der Waals surface area (Å²) >= 11 is 0. The molecule has 0 aliphatic carbocycles. The van der Waals surface area contributed by atoms with Crippen molar-refractivity contribution in [1.82, 2.24) is 5.32 Å². The van der Waals surface area contributed by atoms with E-state index >= 15 is 0 Å². The number of aliphatic hydroxyl groups excluding tert-OH is 1. The second kappa shape index (κ2) is 7.76. The van der Waals surface area contributed by atoms with Crippen LogP contribution in [0.2, 0.25) is 0 Å². The maximum atomic E-state index is 14.2. The van der Waals surface area contributed by atoms with E-state index < -0.39 is 0 Å². The zero-order valence-corrected chi connectivity index (χ0v) is 13.1. The van der Waals surface area contributed by atoms with Crippen LogP contribution >= 0.6 is 0 Å². The van der Waals surface area contributed by atoms with Crippen LogP contribution in [0.1, 0.15) is 38.7 Å². The largest absolute Gasteiger partial charge is 0.394 e. The van der Waals surface area contributed by atoms with Gasteiger partial charge in [0.2, 0.25) is 0 Å². The van der Waals surface area contributed by atoms with Crippen LogP contribution < -0.4 is 10.2 Å². The summed E-state index contributed by atoms with van der Waals surface area (Å²) in [5, 5.41) is 12.9. The summed E-state index contributed by atoms with van der Waals surface area (Å²) in [5.41, 5.74) is 1.66. The van der Waals surface area contributed by atoms with Gasteiger partial charge in [0, 0.05) is 24.3 Å². The number of benzene rings is 1. The summed E-state index contributed by atoms with van der Waals surface area (Å²) < 4.78 is 14.2. The van der Waals surface area contributed by atoms with Crippen LogP contribution in [0.25, 0.3) is 0 Å². The smallest absolute Gasteiger partial charge is 0.129 e. The number of anilines is 1. The molecule has 0 radical (unpaired) electrons. The van der Waals surface area contributed by atoms with E-state index in [1.54, 1.807) is 6.07 Å². The van der Waals surface area contributed by atoms with Crippen molar-refractivity contribution in [3.8, 4) is 0 Å².